The minimum atomic E-state index is 0.198. The Kier molecular flexibility index (Phi) is 4.65. The summed E-state index contributed by atoms with van der Waals surface area (Å²) in [6, 6.07) is 0. The maximum Gasteiger partial charge on any atom is 0.0528 e. The lowest BCUT2D eigenvalue weighted by atomic mass is 9.87. The van der Waals surface area contributed by atoms with Crippen LogP contribution in [0.2, 0.25) is 0 Å². The number of hydrogen-bond acceptors (Lipinski definition) is 2. The second kappa shape index (κ2) is 4.69. The molecule has 0 saturated heterocycles. The first-order valence-electron chi connectivity index (χ1n) is 3.87. The van der Waals surface area contributed by atoms with Crippen molar-refractivity contribution in [2.24, 2.45) is 11.1 Å². The average Bonchev–Trinajstić information content (AvgIpc) is 1.89. The minimum absolute atomic E-state index is 0.198. The average molecular weight is 145 g/mol. The Bertz CT molecular complexity index is 77.3. The van der Waals surface area contributed by atoms with Crippen molar-refractivity contribution < 1.29 is 4.74 Å². The summed E-state index contributed by atoms with van der Waals surface area (Å²) in [4.78, 5) is 0. The van der Waals surface area contributed by atoms with E-state index in [0.717, 1.165) is 13.0 Å². The third-order valence-corrected chi connectivity index (χ3v) is 1.84. The van der Waals surface area contributed by atoms with E-state index in [4.69, 9.17) is 10.5 Å². The molecule has 2 nitrogen and oxygen atoms in total. The first kappa shape index (κ1) is 9.92. The first-order valence-corrected chi connectivity index (χ1v) is 3.87. The van der Waals surface area contributed by atoms with E-state index in [-0.39, 0.29) is 5.41 Å². The second-order valence-electron chi connectivity index (χ2n) is 3.20. The lowest BCUT2D eigenvalue weighted by Crippen LogP contribution is -2.31. The van der Waals surface area contributed by atoms with Crippen molar-refractivity contribution in [3.05, 3.63) is 0 Å². The summed E-state index contributed by atoms with van der Waals surface area (Å²) in [6.45, 7) is 5.83. The van der Waals surface area contributed by atoms with Gasteiger partial charge in [-0.1, -0.05) is 20.3 Å². The second-order valence-corrected chi connectivity index (χ2v) is 3.20. The normalized spacial score (nSPS) is 16.8. The van der Waals surface area contributed by atoms with E-state index in [0.29, 0.717) is 6.54 Å². The summed E-state index contributed by atoms with van der Waals surface area (Å²) in [5, 5.41) is 0. The quantitative estimate of drug-likeness (QED) is 0.634. The number of nitrogens with two attached hydrogens (primary N) is 1. The molecular weight excluding hydrogens is 126 g/mol. The molecule has 10 heavy (non-hydrogen) atoms. The Morgan fingerprint density at radius 3 is 2.40 bits per heavy atom. The molecule has 0 aliphatic heterocycles. The highest BCUT2D eigenvalue weighted by molar-refractivity contribution is 4.73. The van der Waals surface area contributed by atoms with Gasteiger partial charge in [-0.2, -0.15) is 0 Å². The van der Waals surface area contributed by atoms with Crippen LogP contribution in [0.25, 0.3) is 0 Å². The van der Waals surface area contributed by atoms with Crippen LogP contribution in [0.15, 0.2) is 0 Å². The van der Waals surface area contributed by atoms with Gasteiger partial charge in [0.1, 0.15) is 0 Å². The molecule has 0 saturated carbocycles. The molecule has 1 atom stereocenters. The van der Waals surface area contributed by atoms with Crippen LogP contribution in [0.3, 0.4) is 0 Å². The zero-order chi connectivity index (χ0) is 8.04. The van der Waals surface area contributed by atoms with E-state index in [1.165, 1.54) is 6.42 Å². The number of rotatable bonds is 5. The van der Waals surface area contributed by atoms with Gasteiger partial charge >= 0.3 is 0 Å². The van der Waals surface area contributed by atoms with E-state index < -0.39 is 0 Å². The Balaban J connectivity index is 3.69. The van der Waals surface area contributed by atoms with Gasteiger partial charge in [0.05, 0.1) is 6.61 Å². The van der Waals surface area contributed by atoms with Gasteiger partial charge in [-0.05, 0) is 13.0 Å². The van der Waals surface area contributed by atoms with Crippen molar-refractivity contribution in [2.75, 3.05) is 20.3 Å². The van der Waals surface area contributed by atoms with Crippen molar-refractivity contribution in [3.8, 4) is 0 Å². The lowest BCUT2D eigenvalue weighted by Gasteiger charge is -2.26. The predicted molar refractivity (Wildman–Crippen MR) is 43.9 cm³/mol. The van der Waals surface area contributed by atoms with E-state index >= 15 is 0 Å². The summed E-state index contributed by atoms with van der Waals surface area (Å²) in [5.74, 6) is 0. The summed E-state index contributed by atoms with van der Waals surface area (Å²) in [6.07, 6.45) is 2.33. The third kappa shape index (κ3) is 3.18. The first-order chi connectivity index (χ1) is 4.68. The SMILES string of the molecule is CCCC(C)(CN)COC. The van der Waals surface area contributed by atoms with Crippen molar-refractivity contribution in [3.63, 3.8) is 0 Å². The molecular formula is C8H19NO. The molecule has 0 radical (unpaired) electrons. The predicted octanol–water partition coefficient (Wildman–Crippen LogP) is 1.40. The van der Waals surface area contributed by atoms with Crippen LogP contribution in [0.5, 0.6) is 0 Å². The molecule has 0 bridgehead atoms. The number of methoxy groups -OCH3 is 1. The van der Waals surface area contributed by atoms with Gasteiger partial charge in [0.15, 0.2) is 0 Å². The van der Waals surface area contributed by atoms with E-state index in [1.807, 2.05) is 0 Å². The zero-order valence-electron chi connectivity index (χ0n) is 7.31. The van der Waals surface area contributed by atoms with Crippen molar-refractivity contribution in [2.45, 2.75) is 26.7 Å². The molecule has 0 aliphatic rings. The number of hydrogen-bond donors (Lipinski definition) is 1. The van der Waals surface area contributed by atoms with E-state index in [1.54, 1.807) is 7.11 Å². The summed E-state index contributed by atoms with van der Waals surface area (Å²) < 4.78 is 5.07. The van der Waals surface area contributed by atoms with E-state index in [9.17, 15) is 0 Å². The topological polar surface area (TPSA) is 35.2 Å². The molecule has 2 heteroatoms. The van der Waals surface area contributed by atoms with Crippen molar-refractivity contribution in [1.29, 1.82) is 0 Å². The highest BCUT2D eigenvalue weighted by atomic mass is 16.5. The maximum absolute atomic E-state index is 5.60. The van der Waals surface area contributed by atoms with Gasteiger partial charge < -0.3 is 10.5 Å². The fourth-order valence-corrected chi connectivity index (χ4v) is 1.19. The fraction of sp³-hybridized carbons (Fsp3) is 1.00. The molecule has 62 valence electrons. The Morgan fingerprint density at radius 2 is 2.10 bits per heavy atom. The molecule has 0 heterocycles. The molecule has 0 aliphatic carbocycles. The van der Waals surface area contributed by atoms with Crippen molar-refractivity contribution in [1.82, 2.24) is 0 Å². The number of ether oxygens (including phenoxy) is 1. The molecule has 0 fully saturated rings. The fourth-order valence-electron chi connectivity index (χ4n) is 1.19. The van der Waals surface area contributed by atoms with Gasteiger partial charge in [0, 0.05) is 12.5 Å². The molecule has 2 N–H and O–H groups in total. The summed E-state index contributed by atoms with van der Waals surface area (Å²) in [5.41, 5.74) is 5.80. The molecule has 1 unspecified atom stereocenters. The van der Waals surface area contributed by atoms with Crippen LogP contribution in [-0.2, 0) is 4.74 Å². The molecule has 0 aromatic rings. The van der Waals surface area contributed by atoms with Gasteiger partial charge in [0.2, 0.25) is 0 Å². The third-order valence-electron chi connectivity index (χ3n) is 1.84. The molecule has 0 rings (SSSR count). The van der Waals surface area contributed by atoms with Crippen molar-refractivity contribution >= 4 is 0 Å². The zero-order valence-corrected chi connectivity index (χ0v) is 7.31. The Hall–Kier alpha value is -0.0800. The molecule has 0 amide bonds. The van der Waals surface area contributed by atoms with Gasteiger partial charge in [-0.3, -0.25) is 0 Å². The standard InChI is InChI=1S/C8H19NO/c1-4-5-8(2,6-9)7-10-3/h4-7,9H2,1-3H3. The molecule has 0 spiro atoms. The van der Waals surface area contributed by atoms with Crippen LogP contribution < -0.4 is 5.73 Å². The van der Waals surface area contributed by atoms with Crippen LogP contribution in [0.4, 0.5) is 0 Å². The highest BCUT2D eigenvalue weighted by Crippen LogP contribution is 2.21. The van der Waals surface area contributed by atoms with Crippen LogP contribution in [0, 0.1) is 5.41 Å². The highest BCUT2D eigenvalue weighted by Gasteiger charge is 2.20. The van der Waals surface area contributed by atoms with Crippen LogP contribution >= 0.6 is 0 Å². The smallest absolute Gasteiger partial charge is 0.0528 e. The van der Waals surface area contributed by atoms with Gasteiger partial charge in [0.25, 0.3) is 0 Å². The van der Waals surface area contributed by atoms with Crippen LogP contribution in [0.1, 0.15) is 26.7 Å². The van der Waals surface area contributed by atoms with Gasteiger partial charge in [-0.25, -0.2) is 0 Å². The van der Waals surface area contributed by atoms with Gasteiger partial charge in [-0.15, -0.1) is 0 Å². The monoisotopic (exact) mass is 145 g/mol. The maximum atomic E-state index is 5.60. The summed E-state index contributed by atoms with van der Waals surface area (Å²) in [7, 11) is 1.73. The van der Waals surface area contributed by atoms with E-state index in [2.05, 4.69) is 13.8 Å². The lowest BCUT2D eigenvalue weighted by molar-refractivity contribution is 0.0905. The molecule has 0 aromatic heterocycles. The Morgan fingerprint density at radius 1 is 1.50 bits per heavy atom. The largest absolute Gasteiger partial charge is 0.384 e. The molecule has 0 aromatic carbocycles. The Labute approximate surface area is 63.7 Å². The summed E-state index contributed by atoms with van der Waals surface area (Å²) >= 11 is 0. The van der Waals surface area contributed by atoms with Crippen LogP contribution in [-0.4, -0.2) is 20.3 Å². The minimum Gasteiger partial charge on any atom is -0.384 e.